The van der Waals surface area contributed by atoms with Gasteiger partial charge in [-0.2, -0.15) is 0 Å². The number of nitrogens with zero attached hydrogens (tertiary/aromatic N) is 3. The highest BCUT2D eigenvalue weighted by Crippen LogP contribution is 2.38. The lowest BCUT2D eigenvalue weighted by atomic mass is 10.1. The van der Waals surface area contributed by atoms with Crippen molar-refractivity contribution >= 4 is 39.3 Å². The van der Waals surface area contributed by atoms with Gasteiger partial charge in [-0.15, -0.1) is 0 Å². The van der Waals surface area contributed by atoms with Crippen LogP contribution in [0.3, 0.4) is 0 Å². The first-order valence-corrected chi connectivity index (χ1v) is 15.9. The van der Waals surface area contributed by atoms with Crippen LogP contribution in [0.5, 0.6) is 28.7 Å². The van der Waals surface area contributed by atoms with Crippen LogP contribution in [0.4, 0.5) is 11.4 Å². The third-order valence-corrected chi connectivity index (χ3v) is 8.77. The third kappa shape index (κ3) is 7.44. The molecule has 2 heterocycles. The van der Waals surface area contributed by atoms with Crippen molar-refractivity contribution in [2.75, 3.05) is 59.1 Å². The Kier molecular flexibility index (Phi) is 10.1. The smallest absolute Gasteiger partial charge is 0.169 e. The minimum Gasteiger partial charge on any atom is -0.493 e. The van der Waals surface area contributed by atoms with Crippen molar-refractivity contribution in [2.24, 2.45) is 4.99 Å². The van der Waals surface area contributed by atoms with Gasteiger partial charge in [-0.25, -0.2) is 0 Å². The van der Waals surface area contributed by atoms with Gasteiger partial charge in [0, 0.05) is 77.6 Å². The maximum absolute atomic E-state index is 11.8. The number of aliphatic imine (C=N–C) groups is 1. The average Bonchev–Trinajstić information content (AvgIpc) is 3.51. The molecule has 10 heteroatoms. The molecule has 0 amide bonds. The molecule has 5 rings (SSSR count). The van der Waals surface area contributed by atoms with E-state index in [9.17, 15) is 4.21 Å². The molecule has 1 fully saturated rings. The molecule has 4 aromatic rings. The molecule has 0 saturated carbocycles. The van der Waals surface area contributed by atoms with Crippen LogP contribution >= 0.6 is 0 Å². The molecule has 1 aliphatic heterocycles. The van der Waals surface area contributed by atoms with Crippen LogP contribution in [0.1, 0.15) is 18.4 Å². The van der Waals surface area contributed by atoms with Gasteiger partial charge >= 0.3 is 0 Å². The molecule has 1 aromatic heterocycles. The number of aromatic nitrogens is 1. The molecule has 0 bridgehead atoms. The minimum atomic E-state index is -0.765. The fourth-order valence-electron chi connectivity index (χ4n) is 5.19. The molecular weight excluding hydrogens is 564 g/mol. The van der Waals surface area contributed by atoms with Crippen molar-refractivity contribution in [1.82, 2.24) is 9.88 Å². The van der Waals surface area contributed by atoms with Crippen molar-refractivity contribution in [3.63, 3.8) is 0 Å². The Morgan fingerprint density at radius 3 is 2.51 bits per heavy atom. The highest BCUT2D eigenvalue weighted by atomic mass is 32.2. The summed E-state index contributed by atoms with van der Waals surface area (Å²) in [5.41, 5.74) is 3.35. The molecule has 226 valence electrons. The Balaban J connectivity index is 1.32. The van der Waals surface area contributed by atoms with Crippen LogP contribution in [0.25, 0.3) is 10.9 Å². The van der Waals surface area contributed by atoms with Crippen LogP contribution in [0.2, 0.25) is 0 Å². The second-order valence-corrected chi connectivity index (χ2v) is 12.0. The van der Waals surface area contributed by atoms with Gasteiger partial charge in [0.05, 0.1) is 32.0 Å². The largest absolute Gasteiger partial charge is 0.493 e. The lowest BCUT2D eigenvalue weighted by Gasteiger charge is -2.18. The van der Waals surface area contributed by atoms with Gasteiger partial charge < -0.3 is 29.2 Å². The number of hydrogen-bond donors (Lipinski definition) is 1. The first-order chi connectivity index (χ1) is 21.0. The van der Waals surface area contributed by atoms with Gasteiger partial charge in [-0.3, -0.25) is 14.2 Å². The number of ether oxygens (including phenoxy) is 4. The molecule has 43 heavy (non-hydrogen) atoms. The minimum absolute atomic E-state index is 0.280. The highest BCUT2D eigenvalue weighted by molar-refractivity contribution is 7.84. The van der Waals surface area contributed by atoms with E-state index in [1.165, 1.54) is 0 Å². The number of fused-ring (bicyclic) bond motifs is 1. The summed E-state index contributed by atoms with van der Waals surface area (Å²) in [6.45, 7) is 3.35. The SMILES string of the molecule is CN=Cc1cnc2cc(OCCCN3CCC(S(C)=O)C3)c(OC)cc2c1Nc1ccc(Oc2ccccc2OC)cc1. The van der Waals surface area contributed by atoms with Crippen LogP contribution in [-0.4, -0.2) is 79.3 Å². The first kappa shape index (κ1) is 30.3. The number of methoxy groups -OCH3 is 2. The standard InChI is InChI=1S/C33H38N4O5S/c1-34-20-23-21-35-28-19-32(41-17-7-15-37-16-14-26(22-37)43(4)38)31(40-3)18-27(28)33(23)36-24-10-12-25(13-11-24)42-30-9-6-5-8-29(30)39-2/h5-6,8-13,18-21,26H,7,14-17,22H2,1-4H3,(H,35,36). The Morgan fingerprint density at radius 2 is 1.81 bits per heavy atom. The normalized spacial score (nSPS) is 16.0. The number of para-hydroxylation sites is 2. The molecule has 1 saturated heterocycles. The zero-order valence-corrected chi connectivity index (χ0v) is 25.9. The number of pyridine rings is 1. The maximum atomic E-state index is 11.8. The average molecular weight is 603 g/mol. The van der Waals surface area contributed by atoms with Crippen LogP contribution in [0.15, 0.2) is 71.9 Å². The summed E-state index contributed by atoms with van der Waals surface area (Å²) in [5.74, 6) is 3.29. The summed E-state index contributed by atoms with van der Waals surface area (Å²) in [6, 6.07) is 19.1. The van der Waals surface area contributed by atoms with Crippen molar-refractivity contribution in [1.29, 1.82) is 0 Å². The maximum Gasteiger partial charge on any atom is 0.169 e. The fourth-order valence-corrected chi connectivity index (χ4v) is 6.04. The Labute approximate surface area is 255 Å². The number of likely N-dealkylation sites (tertiary alicyclic amines) is 1. The number of hydrogen-bond acceptors (Lipinski definition) is 9. The number of rotatable bonds is 13. The lowest BCUT2D eigenvalue weighted by molar-refractivity contribution is 0.254. The summed E-state index contributed by atoms with van der Waals surface area (Å²) in [7, 11) is 4.23. The second-order valence-electron chi connectivity index (χ2n) is 10.3. The molecule has 0 spiro atoms. The van der Waals surface area contributed by atoms with E-state index in [0.29, 0.717) is 35.4 Å². The summed E-state index contributed by atoms with van der Waals surface area (Å²) >= 11 is 0. The van der Waals surface area contributed by atoms with E-state index < -0.39 is 10.8 Å². The van der Waals surface area contributed by atoms with Gasteiger partial charge in [0.2, 0.25) is 0 Å². The molecule has 1 N–H and O–H groups in total. The number of anilines is 2. The molecule has 0 aliphatic carbocycles. The van der Waals surface area contributed by atoms with Gasteiger partial charge in [0.15, 0.2) is 23.0 Å². The van der Waals surface area contributed by atoms with E-state index in [0.717, 1.165) is 60.3 Å². The third-order valence-electron chi connectivity index (χ3n) is 7.45. The quantitative estimate of drug-likeness (QED) is 0.146. The number of benzene rings is 3. The topological polar surface area (TPSA) is 94.5 Å². The van der Waals surface area contributed by atoms with E-state index in [2.05, 4.69) is 15.2 Å². The zero-order chi connectivity index (χ0) is 30.2. The first-order valence-electron chi connectivity index (χ1n) is 14.3. The summed E-state index contributed by atoms with van der Waals surface area (Å²) in [4.78, 5) is 11.3. The number of nitrogens with one attached hydrogen (secondary N) is 1. The summed E-state index contributed by atoms with van der Waals surface area (Å²) in [6.07, 6.45) is 7.24. The predicted molar refractivity (Wildman–Crippen MR) is 174 cm³/mol. The van der Waals surface area contributed by atoms with E-state index in [1.54, 1.807) is 39.9 Å². The molecule has 2 atom stereocenters. The molecule has 0 radical (unpaired) electrons. The van der Waals surface area contributed by atoms with Crippen LogP contribution < -0.4 is 24.3 Å². The van der Waals surface area contributed by atoms with Crippen molar-refractivity contribution in [3.05, 3.63) is 72.4 Å². The second kappa shape index (κ2) is 14.3. The Hall–Kier alpha value is -4.15. The molecule has 1 aliphatic rings. The van der Waals surface area contributed by atoms with Gasteiger partial charge in [-0.1, -0.05) is 12.1 Å². The van der Waals surface area contributed by atoms with Crippen molar-refractivity contribution in [3.8, 4) is 28.7 Å². The summed E-state index contributed by atoms with van der Waals surface area (Å²) in [5, 5.41) is 4.71. The van der Waals surface area contributed by atoms with Crippen LogP contribution in [0, 0.1) is 0 Å². The zero-order valence-electron chi connectivity index (χ0n) is 25.0. The fraction of sp³-hybridized carbons (Fsp3) is 0.333. The van der Waals surface area contributed by atoms with E-state index >= 15 is 0 Å². The lowest BCUT2D eigenvalue weighted by Crippen LogP contribution is -2.25. The molecule has 3 aromatic carbocycles. The van der Waals surface area contributed by atoms with E-state index in [1.807, 2.05) is 60.7 Å². The van der Waals surface area contributed by atoms with Crippen molar-refractivity contribution in [2.45, 2.75) is 18.1 Å². The van der Waals surface area contributed by atoms with E-state index in [4.69, 9.17) is 23.9 Å². The predicted octanol–water partition coefficient (Wildman–Crippen LogP) is 6.06. The van der Waals surface area contributed by atoms with Gasteiger partial charge in [0.1, 0.15) is 5.75 Å². The van der Waals surface area contributed by atoms with E-state index in [-0.39, 0.29) is 5.25 Å². The molecule has 2 unspecified atom stereocenters. The van der Waals surface area contributed by atoms with Gasteiger partial charge in [0.25, 0.3) is 0 Å². The Bertz CT molecular complexity index is 1590. The molecule has 9 nitrogen and oxygen atoms in total. The monoisotopic (exact) mass is 602 g/mol. The van der Waals surface area contributed by atoms with Crippen molar-refractivity contribution < 1.29 is 23.2 Å². The summed E-state index contributed by atoms with van der Waals surface area (Å²) < 4.78 is 35.1. The van der Waals surface area contributed by atoms with Crippen LogP contribution in [-0.2, 0) is 10.8 Å². The Morgan fingerprint density at radius 1 is 1.05 bits per heavy atom. The molecular formula is C33H38N4O5S. The highest BCUT2D eigenvalue weighted by Gasteiger charge is 2.24. The van der Waals surface area contributed by atoms with Gasteiger partial charge in [-0.05, 0) is 61.9 Å².